The molecule has 1 aromatic rings. The molecule has 0 fully saturated rings. The standard InChI is InChI=1S/C15H14ClNO5/c1-8(18)17-14-12(21-9(2)19)13(20)15(3,22-14)10-4-6-11(16)7-5-10/h4-7H,1-3H3,(H,17,18). The SMILES string of the molecule is CC(=O)NC1=C(OC(C)=O)C(=O)C(C)(c2ccc(Cl)cc2)O1. The fraction of sp³-hybridized carbons (Fsp3) is 0.267. The Labute approximate surface area is 132 Å². The van der Waals surface area contributed by atoms with Crippen molar-refractivity contribution >= 4 is 29.3 Å². The highest BCUT2D eigenvalue weighted by molar-refractivity contribution is 6.30. The Morgan fingerprint density at radius 2 is 1.82 bits per heavy atom. The third-order valence-electron chi connectivity index (χ3n) is 3.08. The van der Waals surface area contributed by atoms with Crippen molar-refractivity contribution in [2.24, 2.45) is 0 Å². The molecule has 0 saturated heterocycles. The second kappa shape index (κ2) is 5.81. The predicted molar refractivity (Wildman–Crippen MR) is 77.5 cm³/mol. The maximum Gasteiger partial charge on any atom is 0.308 e. The van der Waals surface area contributed by atoms with Gasteiger partial charge in [-0.3, -0.25) is 19.7 Å². The number of hydrogen-bond acceptors (Lipinski definition) is 5. The molecule has 1 amide bonds. The number of ketones is 1. The molecule has 2 rings (SSSR count). The smallest absolute Gasteiger partial charge is 0.308 e. The Kier molecular flexibility index (Phi) is 4.23. The lowest BCUT2D eigenvalue weighted by Crippen LogP contribution is -2.32. The molecule has 0 radical (unpaired) electrons. The molecule has 0 aromatic heterocycles. The van der Waals surface area contributed by atoms with E-state index in [1.165, 1.54) is 13.8 Å². The van der Waals surface area contributed by atoms with Crippen molar-refractivity contribution in [1.82, 2.24) is 5.32 Å². The summed E-state index contributed by atoms with van der Waals surface area (Å²) < 4.78 is 10.5. The maximum absolute atomic E-state index is 12.6. The van der Waals surface area contributed by atoms with E-state index in [-0.39, 0.29) is 11.6 Å². The molecule has 1 heterocycles. The first kappa shape index (κ1) is 16.0. The number of ether oxygens (including phenoxy) is 2. The summed E-state index contributed by atoms with van der Waals surface area (Å²) in [6.45, 7) is 3.94. The van der Waals surface area contributed by atoms with Gasteiger partial charge in [0.05, 0.1) is 0 Å². The van der Waals surface area contributed by atoms with Crippen LogP contribution in [0.25, 0.3) is 0 Å². The van der Waals surface area contributed by atoms with Crippen molar-refractivity contribution < 1.29 is 23.9 Å². The third-order valence-corrected chi connectivity index (χ3v) is 3.33. The topological polar surface area (TPSA) is 81.7 Å². The second-order valence-corrected chi connectivity index (χ2v) is 5.34. The van der Waals surface area contributed by atoms with Crippen LogP contribution in [0.15, 0.2) is 35.9 Å². The average molecular weight is 324 g/mol. The van der Waals surface area contributed by atoms with Gasteiger partial charge in [-0.05, 0) is 19.1 Å². The zero-order valence-electron chi connectivity index (χ0n) is 12.2. The van der Waals surface area contributed by atoms with Crippen molar-refractivity contribution in [3.63, 3.8) is 0 Å². The first-order chi connectivity index (χ1) is 10.2. The van der Waals surface area contributed by atoms with Gasteiger partial charge < -0.3 is 9.47 Å². The monoisotopic (exact) mass is 323 g/mol. The summed E-state index contributed by atoms with van der Waals surface area (Å²) in [5, 5.41) is 2.87. The van der Waals surface area contributed by atoms with Crippen LogP contribution in [0.3, 0.4) is 0 Å². The van der Waals surface area contributed by atoms with E-state index in [0.29, 0.717) is 10.6 Å². The van der Waals surface area contributed by atoms with Crippen LogP contribution in [0.4, 0.5) is 0 Å². The van der Waals surface area contributed by atoms with Crippen molar-refractivity contribution in [2.75, 3.05) is 0 Å². The van der Waals surface area contributed by atoms with E-state index < -0.39 is 23.3 Å². The highest BCUT2D eigenvalue weighted by atomic mass is 35.5. The lowest BCUT2D eigenvalue weighted by molar-refractivity contribution is -0.142. The Balaban J connectivity index is 2.42. The van der Waals surface area contributed by atoms with Gasteiger partial charge in [0.1, 0.15) is 0 Å². The Morgan fingerprint density at radius 1 is 1.23 bits per heavy atom. The number of hydrogen-bond donors (Lipinski definition) is 1. The van der Waals surface area contributed by atoms with Crippen LogP contribution in [-0.4, -0.2) is 17.7 Å². The molecule has 6 nitrogen and oxygen atoms in total. The molecule has 22 heavy (non-hydrogen) atoms. The van der Waals surface area contributed by atoms with E-state index >= 15 is 0 Å². The fourth-order valence-corrected chi connectivity index (χ4v) is 2.18. The normalized spacial score (nSPS) is 20.6. The molecular weight excluding hydrogens is 310 g/mol. The van der Waals surface area contributed by atoms with Crippen molar-refractivity contribution in [3.8, 4) is 0 Å². The number of nitrogens with one attached hydrogen (secondary N) is 1. The number of halogens is 1. The summed E-state index contributed by atoms with van der Waals surface area (Å²) in [5.41, 5.74) is -0.889. The molecule has 7 heteroatoms. The van der Waals surface area contributed by atoms with Crippen molar-refractivity contribution in [3.05, 3.63) is 46.5 Å². The van der Waals surface area contributed by atoms with Crippen LogP contribution >= 0.6 is 11.6 Å². The molecule has 0 aliphatic carbocycles. The number of amides is 1. The van der Waals surface area contributed by atoms with Gasteiger partial charge in [-0.1, -0.05) is 23.7 Å². The van der Waals surface area contributed by atoms with Gasteiger partial charge >= 0.3 is 5.97 Å². The molecule has 1 aliphatic rings. The van der Waals surface area contributed by atoms with Gasteiger partial charge in [0.15, 0.2) is 5.60 Å². The summed E-state index contributed by atoms with van der Waals surface area (Å²) >= 11 is 5.83. The first-order valence-electron chi connectivity index (χ1n) is 6.44. The molecule has 1 aliphatic heterocycles. The average Bonchev–Trinajstić information content (AvgIpc) is 2.64. The molecule has 1 N–H and O–H groups in total. The van der Waals surface area contributed by atoms with E-state index in [0.717, 1.165) is 6.92 Å². The predicted octanol–water partition coefficient (Wildman–Crippen LogP) is 2.02. The van der Waals surface area contributed by atoms with Crippen LogP contribution in [0.5, 0.6) is 0 Å². The zero-order chi connectivity index (χ0) is 16.5. The van der Waals surface area contributed by atoms with Crippen LogP contribution < -0.4 is 5.32 Å². The van der Waals surface area contributed by atoms with Gasteiger partial charge in [-0.25, -0.2) is 0 Å². The molecule has 0 spiro atoms. The van der Waals surface area contributed by atoms with Gasteiger partial charge in [0, 0.05) is 24.4 Å². The largest absolute Gasteiger partial charge is 0.456 e. The Bertz CT molecular complexity index is 680. The summed E-state index contributed by atoms with van der Waals surface area (Å²) in [5.74, 6) is -2.19. The first-order valence-corrected chi connectivity index (χ1v) is 6.82. The quantitative estimate of drug-likeness (QED) is 0.861. The number of Topliss-reactive ketones (excluding diaryl/α,β-unsaturated/α-hetero) is 1. The number of esters is 1. The van der Waals surface area contributed by atoms with Crippen LogP contribution in [-0.2, 0) is 29.5 Å². The fourth-order valence-electron chi connectivity index (χ4n) is 2.05. The van der Waals surface area contributed by atoms with E-state index in [1.54, 1.807) is 24.3 Å². The Hall–Kier alpha value is -2.34. The van der Waals surface area contributed by atoms with Crippen LogP contribution in [0.2, 0.25) is 5.02 Å². The molecule has 1 atom stereocenters. The van der Waals surface area contributed by atoms with Gasteiger partial charge in [-0.2, -0.15) is 0 Å². The number of carbonyl (C=O) groups excluding carboxylic acids is 3. The van der Waals surface area contributed by atoms with Gasteiger partial charge in [-0.15, -0.1) is 0 Å². The van der Waals surface area contributed by atoms with Crippen LogP contribution in [0.1, 0.15) is 26.3 Å². The lowest BCUT2D eigenvalue weighted by atomic mass is 9.92. The summed E-state index contributed by atoms with van der Waals surface area (Å²) in [4.78, 5) is 35.0. The highest BCUT2D eigenvalue weighted by Crippen LogP contribution is 2.38. The lowest BCUT2D eigenvalue weighted by Gasteiger charge is -2.23. The summed E-state index contributed by atoms with van der Waals surface area (Å²) in [7, 11) is 0. The molecular formula is C15H14ClNO5. The molecule has 0 bridgehead atoms. The number of rotatable bonds is 3. The minimum atomic E-state index is -1.41. The Morgan fingerprint density at radius 3 is 2.32 bits per heavy atom. The van der Waals surface area contributed by atoms with Crippen LogP contribution in [0, 0.1) is 0 Å². The number of carbonyl (C=O) groups is 3. The number of benzene rings is 1. The van der Waals surface area contributed by atoms with Gasteiger partial charge in [0.2, 0.25) is 17.5 Å². The molecule has 0 saturated carbocycles. The maximum atomic E-state index is 12.6. The summed E-state index contributed by atoms with van der Waals surface area (Å²) in [6, 6.07) is 6.48. The minimum Gasteiger partial charge on any atom is -0.456 e. The minimum absolute atomic E-state index is 0.176. The van der Waals surface area contributed by atoms with Crippen molar-refractivity contribution in [2.45, 2.75) is 26.4 Å². The molecule has 116 valence electrons. The van der Waals surface area contributed by atoms with E-state index in [4.69, 9.17) is 21.1 Å². The van der Waals surface area contributed by atoms with E-state index in [9.17, 15) is 14.4 Å². The molecule has 1 unspecified atom stereocenters. The second-order valence-electron chi connectivity index (χ2n) is 4.90. The van der Waals surface area contributed by atoms with E-state index in [2.05, 4.69) is 5.32 Å². The highest BCUT2D eigenvalue weighted by Gasteiger charge is 2.49. The zero-order valence-corrected chi connectivity index (χ0v) is 13.0. The summed E-state index contributed by atoms with van der Waals surface area (Å²) in [6.07, 6.45) is 0. The van der Waals surface area contributed by atoms with Crippen molar-refractivity contribution in [1.29, 1.82) is 0 Å². The third kappa shape index (κ3) is 2.96. The van der Waals surface area contributed by atoms with Gasteiger partial charge in [0.25, 0.3) is 5.78 Å². The molecule has 1 aromatic carbocycles. The van der Waals surface area contributed by atoms with E-state index in [1.807, 2.05) is 0 Å².